The van der Waals surface area contributed by atoms with Gasteiger partial charge in [0.15, 0.2) is 0 Å². The highest BCUT2D eigenvalue weighted by Gasteiger charge is 2.48. The van der Waals surface area contributed by atoms with Gasteiger partial charge in [-0.1, -0.05) is 6.92 Å². The van der Waals surface area contributed by atoms with Crippen LogP contribution in [0.5, 0.6) is 0 Å². The molecule has 0 radical (unpaired) electrons. The molecule has 1 heterocycles. The van der Waals surface area contributed by atoms with Gasteiger partial charge in [0.25, 0.3) is 0 Å². The smallest absolute Gasteiger partial charge is 0.326 e. The Kier molecular flexibility index (Phi) is 4.23. The Bertz CT molecular complexity index is 228. The minimum absolute atomic E-state index is 0.0335. The minimum atomic E-state index is -4.24. The molecule has 2 N–H and O–H groups in total. The zero-order chi connectivity index (χ0) is 12.5. The molecule has 0 spiro atoms. The first-order chi connectivity index (χ1) is 7.23. The molecule has 96 valence electrons. The molecule has 1 aliphatic heterocycles. The van der Waals surface area contributed by atoms with Crippen LogP contribution in [0.3, 0.4) is 0 Å². The summed E-state index contributed by atoms with van der Waals surface area (Å²) < 4.78 is 38.8. The van der Waals surface area contributed by atoms with Crippen molar-refractivity contribution in [1.29, 1.82) is 0 Å². The van der Waals surface area contributed by atoms with Gasteiger partial charge in [0, 0.05) is 18.6 Å². The lowest BCUT2D eigenvalue weighted by Crippen LogP contribution is -2.59. The van der Waals surface area contributed by atoms with E-state index >= 15 is 0 Å². The minimum Gasteiger partial charge on any atom is -0.326 e. The summed E-state index contributed by atoms with van der Waals surface area (Å²) in [6.45, 7) is 5.78. The lowest BCUT2D eigenvalue weighted by Gasteiger charge is -2.44. The van der Waals surface area contributed by atoms with E-state index in [4.69, 9.17) is 5.73 Å². The maximum atomic E-state index is 12.9. The first-order valence-corrected chi connectivity index (χ1v) is 5.81. The fourth-order valence-corrected chi connectivity index (χ4v) is 2.50. The van der Waals surface area contributed by atoms with E-state index in [0.29, 0.717) is 12.5 Å². The van der Waals surface area contributed by atoms with E-state index in [2.05, 4.69) is 0 Å². The summed E-state index contributed by atoms with van der Waals surface area (Å²) in [5, 5.41) is 0. The summed E-state index contributed by atoms with van der Waals surface area (Å²) in [6, 6.07) is -2.42. The van der Waals surface area contributed by atoms with Crippen molar-refractivity contribution in [2.45, 2.75) is 57.9 Å². The molecule has 0 aromatic rings. The molecule has 1 rings (SSSR count). The third kappa shape index (κ3) is 3.10. The Balaban J connectivity index is 2.84. The van der Waals surface area contributed by atoms with E-state index < -0.39 is 18.3 Å². The SMILES string of the molecule is CC1CCC(C)N(C(C(C)N)C(F)(F)F)C1. The van der Waals surface area contributed by atoms with Gasteiger partial charge in [-0.15, -0.1) is 0 Å². The van der Waals surface area contributed by atoms with Crippen LogP contribution in [0, 0.1) is 5.92 Å². The number of alkyl halides is 3. The van der Waals surface area contributed by atoms with Crippen LogP contribution in [-0.2, 0) is 0 Å². The highest BCUT2D eigenvalue weighted by molar-refractivity contribution is 4.91. The molecule has 1 fully saturated rings. The van der Waals surface area contributed by atoms with Gasteiger partial charge in [0.1, 0.15) is 6.04 Å². The molecule has 0 bridgehead atoms. The molecule has 0 aromatic heterocycles. The van der Waals surface area contributed by atoms with Crippen molar-refractivity contribution in [3.8, 4) is 0 Å². The fourth-order valence-electron chi connectivity index (χ4n) is 2.50. The third-order valence-corrected chi connectivity index (χ3v) is 3.36. The van der Waals surface area contributed by atoms with E-state index in [0.717, 1.165) is 12.8 Å². The van der Waals surface area contributed by atoms with Gasteiger partial charge in [-0.05, 0) is 32.6 Å². The molecular formula is C11H21F3N2. The zero-order valence-electron chi connectivity index (χ0n) is 10.1. The first-order valence-electron chi connectivity index (χ1n) is 5.81. The number of rotatable bonds is 2. The van der Waals surface area contributed by atoms with Crippen molar-refractivity contribution in [3.05, 3.63) is 0 Å². The Hall–Kier alpha value is -0.290. The topological polar surface area (TPSA) is 29.3 Å². The number of hydrogen-bond donors (Lipinski definition) is 1. The number of hydrogen-bond acceptors (Lipinski definition) is 2. The summed E-state index contributed by atoms with van der Waals surface area (Å²) in [6.07, 6.45) is -2.42. The quantitative estimate of drug-likeness (QED) is 0.800. The standard InChI is InChI=1S/C11H21F3N2/c1-7-4-5-8(2)16(6-7)10(9(3)15)11(12,13)14/h7-10H,4-6,15H2,1-3H3. The molecule has 16 heavy (non-hydrogen) atoms. The molecular weight excluding hydrogens is 217 g/mol. The second-order valence-corrected chi connectivity index (χ2v) is 5.07. The lowest BCUT2D eigenvalue weighted by atomic mass is 9.92. The van der Waals surface area contributed by atoms with Crippen LogP contribution in [0.25, 0.3) is 0 Å². The second kappa shape index (κ2) is 4.92. The van der Waals surface area contributed by atoms with E-state index in [9.17, 15) is 13.2 Å². The third-order valence-electron chi connectivity index (χ3n) is 3.36. The van der Waals surface area contributed by atoms with Gasteiger partial charge in [-0.25, -0.2) is 0 Å². The molecule has 0 aliphatic carbocycles. The van der Waals surface area contributed by atoms with Crippen LogP contribution in [0.4, 0.5) is 13.2 Å². The van der Waals surface area contributed by atoms with Crippen LogP contribution in [-0.4, -0.2) is 35.7 Å². The maximum absolute atomic E-state index is 12.9. The van der Waals surface area contributed by atoms with Crippen LogP contribution in [0.1, 0.15) is 33.6 Å². The number of halogens is 3. The van der Waals surface area contributed by atoms with Crippen molar-refractivity contribution in [2.24, 2.45) is 11.7 Å². The fraction of sp³-hybridized carbons (Fsp3) is 1.00. The molecule has 4 atom stereocenters. The van der Waals surface area contributed by atoms with Crippen molar-refractivity contribution < 1.29 is 13.2 Å². The van der Waals surface area contributed by atoms with Crippen LogP contribution in [0.15, 0.2) is 0 Å². The number of nitrogens with zero attached hydrogens (tertiary/aromatic N) is 1. The van der Waals surface area contributed by atoms with Crippen LogP contribution in [0.2, 0.25) is 0 Å². The predicted molar refractivity (Wildman–Crippen MR) is 58.1 cm³/mol. The van der Waals surface area contributed by atoms with Gasteiger partial charge >= 0.3 is 6.18 Å². The molecule has 1 aliphatic rings. The second-order valence-electron chi connectivity index (χ2n) is 5.07. The molecule has 5 heteroatoms. The molecule has 1 saturated heterocycles. The molecule has 0 aromatic carbocycles. The van der Waals surface area contributed by atoms with E-state index in [-0.39, 0.29) is 6.04 Å². The summed E-state index contributed by atoms with van der Waals surface area (Å²) >= 11 is 0. The summed E-state index contributed by atoms with van der Waals surface area (Å²) in [7, 11) is 0. The predicted octanol–water partition coefficient (Wildman–Crippen LogP) is 2.38. The van der Waals surface area contributed by atoms with E-state index in [1.165, 1.54) is 11.8 Å². The summed E-state index contributed by atoms with van der Waals surface area (Å²) in [5.74, 6) is 0.319. The Morgan fingerprint density at radius 2 is 1.81 bits per heavy atom. The Labute approximate surface area is 95.0 Å². The van der Waals surface area contributed by atoms with Gasteiger partial charge in [0.05, 0.1) is 0 Å². The van der Waals surface area contributed by atoms with Gasteiger partial charge in [-0.2, -0.15) is 13.2 Å². The summed E-state index contributed by atoms with van der Waals surface area (Å²) in [4.78, 5) is 1.53. The zero-order valence-corrected chi connectivity index (χ0v) is 10.1. The highest BCUT2D eigenvalue weighted by Crippen LogP contribution is 2.32. The van der Waals surface area contributed by atoms with Gasteiger partial charge in [-0.3, -0.25) is 4.90 Å². The monoisotopic (exact) mass is 238 g/mol. The van der Waals surface area contributed by atoms with Crippen molar-refractivity contribution >= 4 is 0 Å². The molecule has 4 unspecified atom stereocenters. The van der Waals surface area contributed by atoms with Crippen LogP contribution >= 0.6 is 0 Å². The van der Waals surface area contributed by atoms with Crippen molar-refractivity contribution in [2.75, 3.05) is 6.54 Å². The van der Waals surface area contributed by atoms with Gasteiger partial charge in [0.2, 0.25) is 0 Å². The molecule has 0 saturated carbocycles. The number of likely N-dealkylation sites (tertiary alicyclic amines) is 1. The Morgan fingerprint density at radius 1 is 1.25 bits per heavy atom. The largest absolute Gasteiger partial charge is 0.405 e. The maximum Gasteiger partial charge on any atom is 0.405 e. The van der Waals surface area contributed by atoms with E-state index in [1.54, 1.807) is 0 Å². The van der Waals surface area contributed by atoms with Crippen LogP contribution < -0.4 is 5.73 Å². The molecule has 2 nitrogen and oxygen atoms in total. The number of nitrogens with two attached hydrogens (primary N) is 1. The normalized spacial score (nSPS) is 32.4. The lowest BCUT2D eigenvalue weighted by molar-refractivity contribution is -0.198. The van der Waals surface area contributed by atoms with Gasteiger partial charge < -0.3 is 5.73 Å². The van der Waals surface area contributed by atoms with Crippen molar-refractivity contribution in [3.63, 3.8) is 0 Å². The average molecular weight is 238 g/mol. The molecule has 0 amide bonds. The average Bonchev–Trinajstić information content (AvgIpc) is 2.08. The summed E-state index contributed by atoms with van der Waals surface area (Å²) in [5.41, 5.74) is 5.50. The van der Waals surface area contributed by atoms with Crippen molar-refractivity contribution in [1.82, 2.24) is 4.90 Å². The first kappa shape index (κ1) is 13.8. The Morgan fingerprint density at radius 3 is 2.25 bits per heavy atom. The highest BCUT2D eigenvalue weighted by atomic mass is 19.4. The van der Waals surface area contributed by atoms with E-state index in [1.807, 2.05) is 13.8 Å². The number of piperidine rings is 1.